The average Bonchev–Trinajstić information content (AvgIpc) is 2.19. The van der Waals surface area contributed by atoms with Crippen LogP contribution in [0.4, 0.5) is 0 Å². The first kappa shape index (κ1) is 11.0. The summed E-state index contributed by atoms with van der Waals surface area (Å²) < 4.78 is 15.5. The molecule has 0 aromatic heterocycles. The second kappa shape index (κ2) is 4.98. The van der Waals surface area contributed by atoms with Crippen molar-refractivity contribution in [2.24, 2.45) is 0 Å². The molecule has 3 nitrogen and oxygen atoms in total. The predicted molar refractivity (Wildman–Crippen MR) is 54.5 cm³/mol. The van der Waals surface area contributed by atoms with Crippen LogP contribution in [0.5, 0.6) is 5.75 Å². The van der Waals surface area contributed by atoms with Crippen LogP contribution in [-0.2, 0) is 9.47 Å². The van der Waals surface area contributed by atoms with E-state index < -0.39 is 0 Å². The summed E-state index contributed by atoms with van der Waals surface area (Å²) in [5.74, 6) is 0.819. The molecule has 0 atom stereocenters. The van der Waals surface area contributed by atoms with E-state index in [0.717, 1.165) is 16.9 Å². The fourth-order valence-corrected chi connectivity index (χ4v) is 1.40. The molecule has 0 aliphatic rings. The van der Waals surface area contributed by atoms with Crippen LogP contribution >= 0.6 is 0 Å². The molecule has 3 heteroatoms. The molecular weight excluding hydrogens is 180 g/mol. The molecule has 0 unspecified atom stereocenters. The van der Waals surface area contributed by atoms with Gasteiger partial charge in [-0.2, -0.15) is 0 Å². The van der Waals surface area contributed by atoms with Crippen molar-refractivity contribution in [2.75, 3.05) is 21.3 Å². The lowest BCUT2D eigenvalue weighted by Gasteiger charge is -2.15. The Hall–Kier alpha value is -1.06. The van der Waals surface area contributed by atoms with Gasteiger partial charge >= 0.3 is 0 Å². The summed E-state index contributed by atoms with van der Waals surface area (Å²) in [7, 11) is 4.87. The molecule has 0 radical (unpaired) electrons. The first-order chi connectivity index (χ1) is 6.71. The summed E-state index contributed by atoms with van der Waals surface area (Å²) in [6, 6.07) is 5.89. The standard InChI is InChI=1S/C11H16O3/c1-8-5-9(11(13-3)14-4)7-10(6-8)12-2/h5-7,11H,1-4H3. The van der Waals surface area contributed by atoms with Crippen LogP contribution in [0.3, 0.4) is 0 Å². The monoisotopic (exact) mass is 196 g/mol. The zero-order valence-corrected chi connectivity index (χ0v) is 9.03. The third-order valence-electron chi connectivity index (χ3n) is 2.01. The SMILES string of the molecule is COc1cc(C)cc(C(OC)OC)c1. The molecule has 0 saturated carbocycles. The van der Waals surface area contributed by atoms with Crippen molar-refractivity contribution in [1.82, 2.24) is 0 Å². The molecule has 14 heavy (non-hydrogen) atoms. The fourth-order valence-electron chi connectivity index (χ4n) is 1.40. The van der Waals surface area contributed by atoms with Crippen molar-refractivity contribution in [1.29, 1.82) is 0 Å². The highest BCUT2D eigenvalue weighted by atomic mass is 16.7. The Morgan fingerprint density at radius 1 is 1.00 bits per heavy atom. The third kappa shape index (κ3) is 2.47. The molecule has 0 bridgehead atoms. The van der Waals surface area contributed by atoms with E-state index in [-0.39, 0.29) is 6.29 Å². The van der Waals surface area contributed by atoms with Gasteiger partial charge in [0.05, 0.1) is 7.11 Å². The van der Waals surface area contributed by atoms with Crippen LogP contribution in [0.25, 0.3) is 0 Å². The van der Waals surface area contributed by atoms with E-state index in [1.54, 1.807) is 21.3 Å². The van der Waals surface area contributed by atoms with Gasteiger partial charge in [0.25, 0.3) is 0 Å². The zero-order valence-electron chi connectivity index (χ0n) is 9.03. The van der Waals surface area contributed by atoms with Crippen LogP contribution < -0.4 is 4.74 Å². The van der Waals surface area contributed by atoms with E-state index in [4.69, 9.17) is 14.2 Å². The Morgan fingerprint density at radius 3 is 2.14 bits per heavy atom. The Kier molecular flexibility index (Phi) is 3.92. The maximum absolute atomic E-state index is 5.16. The molecule has 0 amide bonds. The van der Waals surface area contributed by atoms with Crippen LogP contribution in [0.15, 0.2) is 18.2 Å². The van der Waals surface area contributed by atoms with E-state index >= 15 is 0 Å². The minimum absolute atomic E-state index is 0.330. The molecule has 0 aliphatic heterocycles. The van der Waals surface area contributed by atoms with Gasteiger partial charge in [-0.15, -0.1) is 0 Å². The van der Waals surface area contributed by atoms with E-state index in [1.165, 1.54) is 0 Å². The summed E-state index contributed by atoms with van der Waals surface area (Å²) in [5.41, 5.74) is 2.09. The average molecular weight is 196 g/mol. The maximum Gasteiger partial charge on any atom is 0.183 e. The van der Waals surface area contributed by atoms with Gasteiger partial charge in [0, 0.05) is 19.8 Å². The summed E-state index contributed by atoms with van der Waals surface area (Å²) in [6.45, 7) is 2.01. The highest BCUT2D eigenvalue weighted by molar-refractivity contribution is 5.34. The Morgan fingerprint density at radius 2 is 1.64 bits per heavy atom. The number of hydrogen-bond donors (Lipinski definition) is 0. The van der Waals surface area contributed by atoms with Gasteiger partial charge in [-0.05, 0) is 24.6 Å². The van der Waals surface area contributed by atoms with Crippen molar-refractivity contribution in [3.8, 4) is 5.75 Å². The van der Waals surface area contributed by atoms with Crippen LogP contribution in [-0.4, -0.2) is 21.3 Å². The van der Waals surface area contributed by atoms with E-state index in [1.807, 2.05) is 25.1 Å². The van der Waals surface area contributed by atoms with Gasteiger partial charge in [0.1, 0.15) is 5.75 Å². The lowest BCUT2D eigenvalue weighted by molar-refractivity contribution is -0.106. The number of benzene rings is 1. The van der Waals surface area contributed by atoms with Crippen LogP contribution in [0, 0.1) is 6.92 Å². The molecule has 1 aromatic rings. The summed E-state index contributed by atoms with van der Waals surface area (Å²) in [6.07, 6.45) is -0.330. The van der Waals surface area contributed by atoms with E-state index in [0.29, 0.717) is 0 Å². The molecule has 1 aromatic carbocycles. The number of ether oxygens (including phenoxy) is 3. The van der Waals surface area contributed by atoms with Crippen LogP contribution in [0.1, 0.15) is 17.4 Å². The lowest BCUT2D eigenvalue weighted by atomic mass is 10.1. The second-order valence-electron chi connectivity index (χ2n) is 3.09. The predicted octanol–water partition coefficient (Wildman–Crippen LogP) is 2.30. The van der Waals surface area contributed by atoms with Gasteiger partial charge in [-0.1, -0.05) is 6.07 Å². The Labute approximate surface area is 84.6 Å². The molecular formula is C11H16O3. The minimum Gasteiger partial charge on any atom is -0.497 e. The molecule has 0 N–H and O–H groups in total. The van der Waals surface area contributed by atoms with E-state index in [2.05, 4.69) is 0 Å². The highest BCUT2D eigenvalue weighted by Gasteiger charge is 2.10. The molecule has 0 spiro atoms. The summed E-state index contributed by atoms with van der Waals surface area (Å²) >= 11 is 0. The van der Waals surface area contributed by atoms with Crippen molar-refractivity contribution >= 4 is 0 Å². The third-order valence-corrected chi connectivity index (χ3v) is 2.01. The van der Waals surface area contributed by atoms with E-state index in [9.17, 15) is 0 Å². The van der Waals surface area contributed by atoms with Crippen molar-refractivity contribution in [2.45, 2.75) is 13.2 Å². The summed E-state index contributed by atoms with van der Waals surface area (Å²) in [5, 5.41) is 0. The smallest absolute Gasteiger partial charge is 0.183 e. The van der Waals surface area contributed by atoms with Gasteiger partial charge < -0.3 is 14.2 Å². The molecule has 0 aliphatic carbocycles. The number of rotatable bonds is 4. The topological polar surface area (TPSA) is 27.7 Å². The molecule has 78 valence electrons. The number of methoxy groups -OCH3 is 3. The van der Waals surface area contributed by atoms with Crippen LogP contribution in [0.2, 0.25) is 0 Å². The quantitative estimate of drug-likeness (QED) is 0.691. The number of aryl methyl sites for hydroxylation is 1. The van der Waals surface area contributed by atoms with Gasteiger partial charge in [-0.3, -0.25) is 0 Å². The minimum atomic E-state index is -0.330. The zero-order chi connectivity index (χ0) is 10.6. The fraction of sp³-hybridized carbons (Fsp3) is 0.455. The largest absolute Gasteiger partial charge is 0.497 e. The first-order valence-electron chi connectivity index (χ1n) is 4.42. The molecule has 1 rings (SSSR count). The van der Waals surface area contributed by atoms with Crippen molar-refractivity contribution in [3.05, 3.63) is 29.3 Å². The number of hydrogen-bond acceptors (Lipinski definition) is 3. The van der Waals surface area contributed by atoms with Gasteiger partial charge in [-0.25, -0.2) is 0 Å². The molecule has 0 fully saturated rings. The second-order valence-corrected chi connectivity index (χ2v) is 3.09. The normalized spacial score (nSPS) is 10.6. The van der Waals surface area contributed by atoms with Crippen molar-refractivity contribution < 1.29 is 14.2 Å². The summed E-state index contributed by atoms with van der Waals surface area (Å²) in [4.78, 5) is 0. The molecule has 0 heterocycles. The molecule has 0 saturated heterocycles. The van der Waals surface area contributed by atoms with Crippen molar-refractivity contribution in [3.63, 3.8) is 0 Å². The maximum atomic E-state index is 5.16. The Bertz CT molecular complexity index is 293. The highest BCUT2D eigenvalue weighted by Crippen LogP contribution is 2.23. The first-order valence-corrected chi connectivity index (χ1v) is 4.42. The Balaban J connectivity index is 3.01. The lowest BCUT2D eigenvalue weighted by Crippen LogP contribution is -2.04. The van der Waals surface area contributed by atoms with Gasteiger partial charge in [0.2, 0.25) is 0 Å². The van der Waals surface area contributed by atoms with Gasteiger partial charge in [0.15, 0.2) is 6.29 Å².